The first-order valence-electron chi connectivity index (χ1n) is 12.9. The zero-order valence-corrected chi connectivity index (χ0v) is 22.4. The van der Waals surface area contributed by atoms with E-state index < -0.39 is 23.3 Å². The Balaban J connectivity index is 1.79. The third-order valence-electron chi connectivity index (χ3n) is 6.02. The van der Waals surface area contributed by atoms with Crippen LogP contribution in [0.5, 0.6) is 11.5 Å². The number of carbonyl (C=O) groups excluding carboxylic acids is 3. The Labute approximate surface area is 224 Å². The molecule has 0 heterocycles. The fourth-order valence-electron chi connectivity index (χ4n) is 3.33. The Morgan fingerprint density at radius 1 is 0.868 bits per heavy atom. The van der Waals surface area contributed by atoms with Gasteiger partial charge in [-0.2, -0.15) is 0 Å². The van der Waals surface area contributed by atoms with Crippen LogP contribution >= 0.6 is 0 Å². The SMILES string of the molecule is CCCCCOC(=O)/C=C/c1ccc(OC(=O)C(C)(CC)CC(=O)OCCOc2ccc(CO)cc2)cc1. The molecule has 1 N–H and O–H groups in total. The molecule has 1 unspecified atom stereocenters. The molecule has 0 aliphatic rings. The van der Waals surface area contributed by atoms with Gasteiger partial charge in [0.15, 0.2) is 0 Å². The molecule has 8 nitrogen and oxygen atoms in total. The van der Waals surface area contributed by atoms with Crippen molar-refractivity contribution < 1.29 is 38.4 Å². The number of aliphatic hydroxyl groups is 1. The van der Waals surface area contributed by atoms with Gasteiger partial charge in [-0.15, -0.1) is 0 Å². The third kappa shape index (κ3) is 10.8. The smallest absolute Gasteiger partial charge is 0.330 e. The van der Waals surface area contributed by atoms with Gasteiger partial charge in [-0.05, 0) is 61.2 Å². The summed E-state index contributed by atoms with van der Waals surface area (Å²) in [6, 6.07) is 13.6. The van der Waals surface area contributed by atoms with Gasteiger partial charge in [0.25, 0.3) is 0 Å². The van der Waals surface area contributed by atoms with E-state index in [4.69, 9.17) is 24.1 Å². The number of hydrogen-bond donors (Lipinski definition) is 1. The van der Waals surface area contributed by atoms with Crippen LogP contribution in [0.25, 0.3) is 6.08 Å². The van der Waals surface area contributed by atoms with Crippen LogP contribution in [-0.4, -0.2) is 42.8 Å². The van der Waals surface area contributed by atoms with Crippen molar-refractivity contribution in [1.29, 1.82) is 0 Å². The van der Waals surface area contributed by atoms with Gasteiger partial charge in [-0.1, -0.05) is 51.0 Å². The van der Waals surface area contributed by atoms with E-state index in [-0.39, 0.29) is 26.2 Å². The van der Waals surface area contributed by atoms with Gasteiger partial charge in [0.1, 0.15) is 24.7 Å². The molecule has 38 heavy (non-hydrogen) atoms. The normalized spacial score (nSPS) is 12.5. The van der Waals surface area contributed by atoms with Gasteiger partial charge in [0, 0.05) is 6.08 Å². The number of carbonyl (C=O) groups is 3. The fourth-order valence-corrected chi connectivity index (χ4v) is 3.33. The zero-order chi connectivity index (χ0) is 27.8. The molecule has 2 aromatic carbocycles. The summed E-state index contributed by atoms with van der Waals surface area (Å²) >= 11 is 0. The summed E-state index contributed by atoms with van der Waals surface area (Å²) in [4.78, 5) is 37.0. The van der Waals surface area contributed by atoms with Crippen molar-refractivity contribution >= 4 is 24.0 Å². The lowest BCUT2D eigenvalue weighted by molar-refractivity contribution is -0.156. The summed E-state index contributed by atoms with van der Waals surface area (Å²) in [6.45, 7) is 6.12. The first kappa shape index (κ1) is 30.6. The lowest BCUT2D eigenvalue weighted by Gasteiger charge is -2.24. The van der Waals surface area contributed by atoms with E-state index in [9.17, 15) is 14.4 Å². The average molecular weight is 527 g/mol. The number of ether oxygens (including phenoxy) is 4. The van der Waals surface area contributed by atoms with Crippen LogP contribution in [-0.2, 0) is 30.5 Å². The van der Waals surface area contributed by atoms with Crippen LogP contribution in [0.4, 0.5) is 0 Å². The number of rotatable bonds is 16. The molecular weight excluding hydrogens is 488 g/mol. The van der Waals surface area contributed by atoms with E-state index in [2.05, 4.69) is 6.92 Å². The Kier molecular flexibility index (Phi) is 13.1. The van der Waals surface area contributed by atoms with Crippen LogP contribution < -0.4 is 9.47 Å². The van der Waals surface area contributed by atoms with Crippen molar-refractivity contribution in [2.75, 3.05) is 19.8 Å². The topological polar surface area (TPSA) is 108 Å². The molecule has 0 saturated heterocycles. The molecule has 206 valence electrons. The Morgan fingerprint density at radius 3 is 2.18 bits per heavy atom. The Morgan fingerprint density at radius 2 is 1.55 bits per heavy atom. The third-order valence-corrected chi connectivity index (χ3v) is 6.02. The van der Waals surface area contributed by atoms with Crippen LogP contribution in [0.2, 0.25) is 0 Å². The maximum atomic E-state index is 12.9. The second kappa shape index (κ2) is 16.2. The van der Waals surface area contributed by atoms with Crippen molar-refractivity contribution in [3.05, 3.63) is 65.7 Å². The molecule has 1 atom stereocenters. The lowest BCUT2D eigenvalue weighted by Crippen LogP contribution is -2.34. The summed E-state index contributed by atoms with van der Waals surface area (Å²) in [6.07, 6.45) is 6.18. The standard InChI is InChI=1S/C30H38O8/c1-4-6-7-18-36-27(32)17-12-23-8-15-26(16-9-23)38-29(34)30(3,5-2)21-28(33)37-20-19-35-25-13-10-24(22-31)11-14-25/h8-17,31H,4-7,18-22H2,1-3H3/b17-12+. The number of benzene rings is 2. The summed E-state index contributed by atoms with van der Waals surface area (Å²) in [5.41, 5.74) is 0.471. The molecule has 0 saturated carbocycles. The summed E-state index contributed by atoms with van der Waals surface area (Å²) < 4.78 is 21.4. The molecule has 0 spiro atoms. The summed E-state index contributed by atoms with van der Waals surface area (Å²) in [7, 11) is 0. The minimum Gasteiger partial charge on any atom is -0.490 e. The average Bonchev–Trinajstić information content (AvgIpc) is 2.93. The van der Waals surface area contributed by atoms with Crippen LogP contribution in [0.1, 0.15) is 64.0 Å². The van der Waals surface area contributed by atoms with Crippen molar-refractivity contribution in [3.8, 4) is 11.5 Å². The minimum atomic E-state index is -1.06. The predicted octanol–water partition coefficient (Wildman–Crippen LogP) is 5.26. The Hall–Kier alpha value is -3.65. The van der Waals surface area contributed by atoms with E-state index in [1.54, 1.807) is 61.5 Å². The summed E-state index contributed by atoms with van der Waals surface area (Å²) in [5, 5.41) is 9.07. The molecule has 0 bridgehead atoms. The molecule has 0 aromatic heterocycles. The monoisotopic (exact) mass is 526 g/mol. The largest absolute Gasteiger partial charge is 0.490 e. The molecule has 2 rings (SSSR count). The Bertz CT molecular complexity index is 1040. The van der Waals surface area contributed by atoms with Gasteiger partial charge in [-0.25, -0.2) is 4.79 Å². The number of aliphatic hydroxyl groups excluding tert-OH is 1. The fraction of sp³-hybridized carbons (Fsp3) is 0.433. The number of hydrogen-bond acceptors (Lipinski definition) is 8. The highest BCUT2D eigenvalue weighted by atomic mass is 16.6. The molecular formula is C30H38O8. The van der Waals surface area contributed by atoms with Crippen molar-refractivity contribution in [2.24, 2.45) is 5.41 Å². The molecule has 0 radical (unpaired) electrons. The highest BCUT2D eigenvalue weighted by Crippen LogP contribution is 2.29. The van der Waals surface area contributed by atoms with E-state index in [1.807, 2.05) is 6.92 Å². The zero-order valence-electron chi connectivity index (χ0n) is 22.4. The van der Waals surface area contributed by atoms with E-state index >= 15 is 0 Å². The maximum Gasteiger partial charge on any atom is 0.330 e. The minimum absolute atomic E-state index is 0.0384. The molecule has 0 aliphatic carbocycles. The number of unbranched alkanes of at least 4 members (excludes halogenated alkanes) is 2. The van der Waals surface area contributed by atoms with Gasteiger partial charge in [-0.3, -0.25) is 9.59 Å². The van der Waals surface area contributed by atoms with E-state index in [0.717, 1.165) is 30.4 Å². The van der Waals surface area contributed by atoms with Crippen LogP contribution in [0.15, 0.2) is 54.6 Å². The summed E-state index contributed by atoms with van der Waals surface area (Å²) in [5.74, 6) is -0.513. The first-order chi connectivity index (χ1) is 18.3. The first-order valence-corrected chi connectivity index (χ1v) is 12.9. The highest BCUT2D eigenvalue weighted by molar-refractivity contribution is 5.87. The van der Waals surface area contributed by atoms with Gasteiger partial charge >= 0.3 is 17.9 Å². The van der Waals surface area contributed by atoms with Crippen LogP contribution in [0, 0.1) is 5.41 Å². The molecule has 0 amide bonds. The maximum absolute atomic E-state index is 12.9. The molecule has 8 heteroatoms. The van der Waals surface area contributed by atoms with Gasteiger partial charge < -0.3 is 24.1 Å². The molecule has 0 aliphatic heterocycles. The lowest BCUT2D eigenvalue weighted by atomic mass is 9.84. The second-order valence-corrected chi connectivity index (χ2v) is 9.13. The highest BCUT2D eigenvalue weighted by Gasteiger charge is 2.36. The van der Waals surface area contributed by atoms with E-state index in [1.165, 1.54) is 6.08 Å². The van der Waals surface area contributed by atoms with Crippen molar-refractivity contribution in [2.45, 2.75) is 59.5 Å². The van der Waals surface area contributed by atoms with Gasteiger partial charge in [0.2, 0.25) is 0 Å². The van der Waals surface area contributed by atoms with Gasteiger partial charge in [0.05, 0.1) is 25.0 Å². The number of esters is 3. The quantitative estimate of drug-likeness (QED) is 0.137. The second-order valence-electron chi connectivity index (χ2n) is 9.13. The molecule has 2 aromatic rings. The predicted molar refractivity (Wildman–Crippen MR) is 143 cm³/mol. The van der Waals surface area contributed by atoms with Crippen LogP contribution in [0.3, 0.4) is 0 Å². The molecule has 0 fully saturated rings. The van der Waals surface area contributed by atoms with Crippen molar-refractivity contribution in [3.63, 3.8) is 0 Å². The van der Waals surface area contributed by atoms with E-state index in [0.29, 0.717) is 24.5 Å². The van der Waals surface area contributed by atoms with Crippen molar-refractivity contribution in [1.82, 2.24) is 0 Å².